The number of carboxylic acids is 1. The molecule has 0 bridgehead atoms. The number of carboxylic acid groups (broad SMARTS) is 1. The Morgan fingerprint density at radius 2 is 1.96 bits per heavy atom. The van der Waals surface area contributed by atoms with Gasteiger partial charge in [-0.25, -0.2) is 0 Å². The molecule has 1 aromatic carbocycles. The first-order valence-corrected chi connectivity index (χ1v) is 7.96. The minimum Gasteiger partial charge on any atom is -0.550 e. The topological polar surface area (TPSA) is 89.5 Å². The minimum absolute atomic E-state index is 0. The molecule has 1 heterocycles. The van der Waals surface area contributed by atoms with E-state index in [1.54, 1.807) is 6.07 Å². The molecule has 0 unspecified atom stereocenters. The number of hydrogen-bond acceptors (Lipinski definition) is 4. The summed E-state index contributed by atoms with van der Waals surface area (Å²) in [5, 5.41) is 13.1. The van der Waals surface area contributed by atoms with Gasteiger partial charge in [0.15, 0.2) is 0 Å². The smallest absolute Gasteiger partial charge is 0.550 e. The van der Waals surface area contributed by atoms with Crippen molar-refractivity contribution in [1.29, 1.82) is 0 Å². The third-order valence-corrected chi connectivity index (χ3v) is 4.26. The van der Waals surface area contributed by atoms with Gasteiger partial charge in [0.25, 0.3) is 0 Å². The molecule has 6 nitrogen and oxygen atoms in total. The van der Waals surface area contributed by atoms with Crippen LogP contribution in [-0.2, 0) is 20.8 Å². The van der Waals surface area contributed by atoms with Gasteiger partial charge in [-0.1, -0.05) is 0 Å². The zero-order valence-electron chi connectivity index (χ0n) is 13.8. The normalized spacial score (nSPS) is 16.2. The molecule has 0 spiro atoms. The molecule has 0 aromatic heterocycles. The SMILES string of the molecule is O=C([O-])CCC(=O)Nc1ccc2c(c1)CCC(=O)N2CC1CC1.[Na+]. The molecule has 1 N–H and O–H groups in total. The number of nitrogens with one attached hydrogen (secondary N) is 1. The van der Waals surface area contributed by atoms with Gasteiger partial charge < -0.3 is 20.1 Å². The number of benzene rings is 1. The number of carbonyl (C=O) groups is 3. The van der Waals surface area contributed by atoms with Crippen molar-refractivity contribution in [2.24, 2.45) is 5.92 Å². The van der Waals surface area contributed by atoms with Crippen LogP contribution in [0.1, 0.15) is 37.7 Å². The van der Waals surface area contributed by atoms with E-state index in [0.717, 1.165) is 17.8 Å². The van der Waals surface area contributed by atoms with Gasteiger partial charge >= 0.3 is 29.6 Å². The van der Waals surface area contributed by atoms with Crippen molar-refractivity contribution >= 4 is 29.2 Å². The molecule has 7 heteroatoms. The fraction of sp³-hybridized carbons (Fsp3) is 0.471. The van der Waals surface area contributed by atoms with E-state index >= 15 is 0 Å². The second-order valence-electron chi connectivity index (χ2n) is 6.21. The first kappa shape index (κ1) is 19.0. The molecule has 24 heavy (non-hydrogen) atoms. The predicted molar refractivity (Wildman–Crippen MR) is 82.7 cm³/mol. The molecule has 2 amide bonds. The fourth-order valence-corrected chi connectivity index (χ4v) is 2.84. The van der Waals surface area contributed by atoms with E-state index in [1.165, 1.54) is 12.8 Å². The molecular formula is C17H19N2NaO4. The summed E-state index contributed by atoms with van der Waals surface area (Å²) in [5.41, 5.74) is 2.61. The van der Waals surface area contributed by atoms with Crippen LogP contribution < -0.4 is 44.9 Å². The maximum absolute atomic E-state index is 12.1. The van der Waals surface area contributed by atoms with E-state index in [1.807, 2.05) is 17.0 Å². The number of fused-ring (bicyclic) bond motifs is 1. The van der Waals surface area contributed by atoms with E-state index < -0.39 is 5.97 Å². The van der Waals surface area contributed by atoms with Crippen LogP contribution in [0.3, 0.4) is 0 Å². The Morgan fingerprint density at radius 1 is 1.21 bits per heavy atom. The van der Waals surface area contributed by atoms with Crippen LogP contribution in [0.2, 0.25) is 0 Å². The van der Waals surface area contributed by atoms with Crippen molar-refractivity contribution in [3.8, 4) is 0 Å². The van der Waals surface area contributed by atoms with E-state index in [2.05, 4.69) is 5.32 Å². The largest absolute Gasteiger partial charge is 1.00 e. The molecule has 0 saturated heterocycles. The van der Waals surface area contributed by atoms with Crippen LogP contribution in [0.4, 0.5) is 11.4 Å². The second kappa shape index (κ2) is 8.14. The summed E-state index contributed by atoms with van der Waals surface area (Å²) in [4.78, 5) is 36.1. The number of hydrogen-bond donors (Lipinski definition) is 1. The van der Waals surface area contributed by atoms with Crippen molar-refractivity contribution < 1.29 is 49.0 Å². The monoisotopic (exact) mass is 338 g/mol. The number of aliphatic carboxylic acids is 1. The number of anilines is 2. The summed E-state index contributed by atoms with van der Waals surface area (Å²) in [7, 11) is 0. The fourth-order valence-electron chi connectivity index (χ4n) is 2.84. The average Bonchev–Trinajstić information content (AvgIpc) is 3.32. The van der Waals surface area contributed by atoms with Crippen LogP contribution in [0, 0.1) is 5.92 Å². The number of rotatable bonds is 6. The third-order valence-electron chi connectivity index (χ3n) is 4.26. The van der Waals surface area contributed by atoms with Gasteiger partial charge in [-0.2, -0.15) is 0 Å². The average molecular weight is 338 g/mol. The summed E-state index contributed by atoms with van der Waals surface area (Å²) in [6.07, 6.45) is 3.13. The minimum atomic E-state index is -1.24. The summed E-state index contributed by atoms with van der Waals surface area (Å²) in [6.45, 7) is 0.781. The molecule has 1 aromatic rings. The Hall–Kier alpha value is -1.37. The molecule has 3 rings (SSSR count). The molecule has 2 aliphatic rings. The van der Waals surface area contributed by atoms with E-state index in [0.29, 0.717) is 24.4 Å². The summed E-state index contributed by atoms with van der Waals surface area (Å²) < 4.78 is 0. The zero-order chi connectivity index (χ0) is 16.4. The van der Waals surface area contributed by atoms with Gasteiger partial charge in [-0.05, 0) is 55.4 Å². The number of carbonyl (C=O) groups excluding carboxylic acids is 3. The molecule has 0 radical (unpaired) electrons. The van der Waals surface area contributed by atoms with Gasteiger partial charge in [-0.3, -0.25) is 9.59 Å². The number of aryl methyl sites for hydroxylation is 1. The van der Waals surface area contributed by atoms with E-state index in [4.69, 9.17) is 0 Å². The van der Waals surface area contributed by atoms with Gasteiger partial charge in [0.1, 0.15) is 0 Å². The zero-order valence-corrected chi connectivity index (χ0v) is 15.8. The predicted octanol–water partition coefficient (Wildman–Crippen LogP) is -2.15. The van der Waals surface area contributed by atoms with Crippen LogP contribution in [0.15, 0.2) is 18.2 Å². The van der Waals surface area contributed by atoms with Crippen molar-refractivity contribution in [2.45, 2.75) is 38.5 Å². The molecule has 1 fully saturated rings. The van der Waals surface area contributed by atoms with Crippen LogP contribution >= 0.6 is 0 Å². The third kappa shape index (κ3) is 4.82. The molecule has 1 aliphatic carbocycles. The molecular weight excluding hydrogens is 319 g/mol. The van der Waals surface area contributed by atoms with Crippen molar-refractivity contribution in [1.82, 2.24) is 0 Å². The van der Waals surface area contributed by atoms with Gasteiger partial charge in [0.2, 0.25) is 11.8 Å². The van der Waals surface area contributed by atoms with Crippen molar-refractivity contribution in [3.05, 3.63) is 23.8 Å². The van der Waals surface area contributed by atoms with E-state index in [9.17, 15) is 19.5 Å². The quantitative estimate of drug-likeness (QED) is 0.599. The molecule has 122 valence electrons. The summed E-state index contributed by atoms with van der Waals surface area (Å²) in [6, 6.07) is 5.50. The second-order valence-corrected chi connectivity index (χ2v) is 6.21. The standard InChI is InChI=1S/C17H20N2O4.Na/c20-15(6-8-17(22)23)18-13-4-5-14-12(9-13)3-7-16(21)19(14)10-11-1-2-11;/h4-5,9,11H,1-3,6-8,10H2,(H,18,20)(H,22,23);/q;+1/p-1. The summed E-state index contributed by atoms with van der Waals surface area (Å²) >= 11 is 0. The Kier molecular flexibility index (Phi) is 6.43. The van der Waals surface area contributed by atoms with Crippen molar-refractivity contribution in [2.75, 3.05) is 16.8 Å². The maximum Gasteiger partial charge on any atom is 1.00 e. The molecule has 1 aliphatic heterocycles. The molecule has 0 atom stereocenters. The van der Waals surface area contributed by atoms with Crippen molar-refractivity contribution in [3.63, 3.8) is 0 Å². The Labute approximate surface area is 162 Å². The first-order chi connectivity index (χ1) is 11.0. The van der Waals surface area contributed by atoms with Gasteiger partial charge in [0.05, 0.1) is 0 Å². The van der Waals surface area contributed by atoms with E-state index in [-0.39, 0.29) is 54.2 Å². The Balaban J connectivity index is 0.00000208. The Morgan fingerprint density at radius 3 is 2.62 bits per heavy atom. The summed E-state index contributed by atoms with van der Waals surface area (Å²) in [5.74, 6) is -0.806. The number of amides is 2. The Bertz CT molecular complexity index is 658. The maximum atomic E-state index is 12.1. The van der Waals surface area contributed by atoms with Crippen LogP contribution in [0.5, 0.6) is 0 Å². The van der Waals surface area contributed by atoms with Crippen LogP contribution in [-0.4, -0.2) is 24.3 Å². The van der Waals surface area contributed by atoms with Gasteiger partial charge in [0, 0.05) is 36.7 Å². The van der Waals surface area contributed by atoms with Gasteiger partial charge in [-0.15, -0.1) is 0 Å². The first-order valence-electron chi connectivity index (χ1n) is 7.96. The molecule has 1 saturated carbocycles. The van der Waals surface area contributed by atoms with Crippen LogP contribution in [0.25, 0.3) is 0 Å². The number of nitrogens with zero attached hydrogens (tertiary/aromatic N) is 1.